The summed E-state index contributed by atoms with van der Waals surface area (Å²) in [7, 11) is 2.81. The average molecular weight is 370 g/mol. The summed E-state index contributed by atoms with van der Waals surface area (Å²) in [6.45, 7) is 3.97. The molecule has 0 saturated carbocycles. The Kier molecular flexibility index (Phi) is 6.07. The van der Waals surface area contributed by atoms with Crippen LogP contribution in [-0.2, 0) is 14.3 Å². The number of nitrogens with zero attached hydrogens (tertiary/aromatic N) is 1. The van der Waals surface area contributed by atoms with Gasteiger partial charge in [0.2, 0.25) is 0 Å². The summed E-state index contributed by atoms with van der Waals surface area (Å²) in [6.07, 6.45) is 0. The van der Waals surface area contributed by atoms with Crippen LogP contribution in [0.1, 0.15) is 25.5 Å². The fraction of sp³-hybridized carbons (Fsp3) is 0.412. The third kappa shape index (κ3) is 3.80. The maximum Gasteiger partial charge on any atom is 0.337 e. The number of halogens is 2. The molecule has 136 valence electrons. The molecule has 25 heavy (non-hydrogen) atoms. The van der Waals surface area contributed by atoms with Crippen molar-refractivity contribution >= 4 is 23.3 Å². The zero-order valence-corrected chi connectivity index (χ0v) is 15.2. The van der Waals surface area contributed by atoms with E-state index in [1.165, 1.54) is 13.2 Å². The van der Waals surface area contributed by atoms with Gasteiger partial charge < -0.3 is 19.7 Å². The standard InChI is InChI=1S/C17H20F2N2O3S/c1-9(8-23-3)21-10(2)14(16(22)24-4)15(20-17(21)25)12-6-5-11(18)7-13(12)19/h5-7,9,15H,8H2,1-4H3,(H,20,25)/t9-,15-/m1/s1. The van der Waals surface area contributed by atoms with Crippen LogP contribution in [0.25, 0.3) is 0 Å². The van der Waals surface area contributed by atoms with Gasteiger partial charge in [0.05, 0.1) is 31.4 Å². The molecule has 0 aromatic heterocycles. The van der Waals surface area contributed by atoms with E-state index < -0.39 is 23.6 Å². The molecule has 1 aliphatic heterocycles. The van der Waals surface area contributed by atoms with Gasteiger partial charge in [-0.25, -0.2) is 13.6 Å². The lowest BCUT2D eigenvalue weighted by Gasteiger charge is -2.40. The Bertz CT molecular complexity index is 724. The van der Waals surface area contributed by atoms with Crippen LogP contribution < -0.4 is 5.32 Å². The molecule has 0 spiro atoms. The molecule has 0 bridgehead atoms. The van der Waals surface area contributed by atoms with Gasteiger partial charge in [-0.1, -0.05) is 6.07 Å². The quantitative estimate of drug-likeness (QED) is 0.635. The van der Waals surface area contributed by atoms with Gasteiger partial charge in [0.15, 0.2) is 5.11 Å². The summed E-state index contributed by atoms with van der Waals surface area (Å²) in [5.74, 6) is -2.08. The fourth-order valence-electron chi connectivity index (χ4n) is 2.95. The van der Waals surface area contributed by atoms with Crippen molar-refractivity contribution in [3.63, 3.8) is 0 Å². The molecule has 1 N–H and O–H groups in total. The van der Waals surface area contributed by atoms with E-state index >= 15 is 0 Å². The van der Waals surface area contributed by atoms with Crippen molar-refractivity contribution < 1.29 is 23.0 Å². The molecule has 1 aliphatic rings. The van der Waals surface area contributed by atoms with E-state index in [1.807, 2.05) is 6.92 Å². The Morgan fingerprint density at radius 2 is 2.08 bits per heavy atom. The van der Waals surface area contributed by atoms with Crippen LogP contribution in [0.5, 0.6) is 0 Å². The minimum absolute atomic E-state index is 0.113. The van der Waals surface area contributed by atoms with Crippen molar-refractivity contribution in [1.82, 2.24) is 10.2 Å². The summed E-state index contributed by atoms with van der Waals surface area (Å²) >= 11 is 5.39. The Morgan fingerprint density at radius 1 is 1.40 bits per heavy atom. The first-order chi connectivity index (χ1) is 11.8. The first kappa shape index (κ1) is 19.3. The smallest absolute Gasteiger partial charge is 0.337 e. The van der Waals surface area contributed by atoms with Gasteiger partial charge in [-0.05, 0) is 32.1 Å². The van der Waals surface area contributed by atoms with E-state index in [0.29, 0.717) is 17.4 Å². The van der Waals surface area contributed by atoms with Crippen molar-refractivity contribution in [1.29, 1.82) is 0 Å². The van der Waals surface area contributed by atoms with Gasteiger partial charge in [0.1, 0.15) is 11.6 Å². The summed E-state index contributed by atoms with van der Waals surface area (Å²) in [5.41, 5.74) is 0.862. The molecule has 1 aromatic carbocycles. The Balaban J connectivity index is 2.57. The topological polar surface area (TPSA) is 50.8 Å². The van der Waals surface area contributed by atoms with Crippen LogP contribution in [0.15, 0.2) is 29.5 Å². The average Bonchev–Trinajstić information content (AvgIpc) is 2.54. The molecule has 1 aromatic rings. The lowest BCUT2D eigenvalue weighted by molar-refractivity contribution is -0.136. The van der Waals surface area contributed by atoms with Gasteiger partial charge in [0.25, 0.3) is 0 Å². The van der Waals surface area contributed by atoms with E-state index in [0.717, 1.165) is 12.1 Å². The highest BCUT2D eigenvalue weighted by atomic mass is 32.1. The summed E-state index contributed by atoms with van der Waals surface area (Å²) in [4.78, 5) is 14.1. The van der Waals surface area contributed by atoms with Crippen LogP contribution in [0.3, 0.4) is 0 Å². The lowest BCUT2D eigenvalue weighted by atomic mass is 9.94. The molecule has 2 atom stereocenters. The van der Waals surface area contributed by atoms with Gasteiger partial charge >= 0.3 is 5.97 Å². The largest absolute Gasteiger partial charge is 0.466 e. The predicted octanol–water partition coefficient (Wildman–Crippen LogP) is 2.68. The van der Waals surface area contributed by atoms with Gasteiger partial charge in [-0.2, -0.15) is 0 Å². The molecule has 0 saturated heterocycles. The number of allylic oxidation sites excluding steroid dienone is 1. The zero-order chi connectivity index (χ0) is 18.7. The summed E-state index contributed by atoms with van der Waals surface area (Å²) in [6, 6.07) is 2.17. The maximum atomic E-state index is 14.3. The molecule has 0 aliphatic carbocycles. The minimum Gasteiger partial charge on any atom is -0.466 e. The Hall–Kier alpha value is -2.06. The highest BCUT2D eigenvalue weighted by molar-refractivity contribution is 7.80. The van der Waals surface area contributed by atoms with Crippen LogP contribution in [0, 0.1) is 11.6 Å². The monoisotopic (exact) mass is 370 g/mol. The number of ether oxygens (including phenoxy) is 2. The van der Waals surface area contributed by atoms with Gasteiger partial charge in [0, 0.05) is 24.4 Å². The van der Waals surface area contributed by atoms with E-state index in [-0.39, 0.29) is 17.2 Å². The number of carbonyl (C=O) groups excluding carboxylic acids is 1. The normalized spacial score (nSPS) is 18.9. The molecule has 5 nitrogen and oxygen atoms in total. The number of esters is 1. The van der Waals surface area contributed by atoms with Crippen molar-refractivity contribution in [2.24, 2.45) is 0 Å². The Morgan fingerprint density at radius 3 is 2.64 bits per heavy atom. The molecule has 0 unspecified atom stereocenters. The van der Waals surface area contributed by atoms with Crippen LogP contribution in [0.2, 0.25) is 0 Å². The van der Waals surface area contributed by atoms with E-state index in [4.69, 9.17) is 21.7 Å². The van der Waals surface area contributed by atoms with Crippen LogP contribution in [-0.4, -0.2) is 42.8 Å². The van der Waals surface area contributed by atoms with Gasteiger partial charge in [-0.15, -0.1) is 0 Å². The minimum atomic E-state index is -0.869. The molecule has 1 heterocycles. The highest BCUT2D eigenvalue weighted by Gasteiger charge is 2.37. The maximum absolute atomic E-state index is 14.3. The molecular formula is C17H20F2N2O3S. The number of carbonyl (C=O) groups is 1. The highest BCUT2D eigenvalue weighted by Crippen LogP contribution is 2.33. The first-order valence-electron chi connectivity index (χ1n) is 7.64. The molecular weight excluding hydrogens is 350 g/mol. The molecule has 2 rings (SSSR count). The fourth-order valence-corrected chi connectivity index (χ4v) is 3.38. The molecule has 0 fully saturated rings. The molecule has 0 radical (unpaired) electrons. The van der Waals surface area contributed by atoms with Crippen molar-refractivity contribution in [2.45, 2.75) is 25.9 Å². The number of hydrogen-bond donors (Lipinski definition) is 1. The first-order valence-corrected chi connectivity index (χ1v) is 8.05. The van der Waals surface area contributed by atoms with Gasteiger partial charge in [-0.3, -0.25) is 0 Å². The number of rotatable bonds is 5. The van der Waals surface area contributed by atoms with Crippen molar-refractivity contribution in [3.05, 3.63) is 46.7 Å². The number of thiocarbonyl (C=S) groups is 1. The second-order valence-electron chi connectivity index (χ2n) is 5.71. The van der Waals surface area contributed by atoms with Crippen molar-refractivity contribution in [2.75, 3.05) is 20.8 Å². The SMILES string of the molecule is COC[C@@H](C)N1C(=S)N[C@H](c2ccc(F)cc2F)C(C(=O)OC)=C1C. The van der Waals surface area contributed by atoms with E-state index in [1.54, 1.807) is 18.9 Å². The molecule has 8 heteroatoms. The van der Waals surface area contributed by atoms with Crippen LogP contribution in [0.4, 0.5) is 8.78 Å². The number of hydrogen-bond acceptors (Lipinski definition) is 4. The third-order valence-electron chi connectivity index (χ3n) is 4.05. The van der Waals surface area contributed by atoms with Crippen molar-refractivity contribution in [3.8, 4) is 0 Å². The molecule has 0 amide bonds. The Labute approximate surface area is 150 Å². The van der Waals surface area contributed by atoms with E-state index in [9.17, 15) is 13.6 Å². The van der Waals surface area contributed by atoms with E-state index in [2.05, 4.69) is 5.32 Å². The number of nitrogens with one attached hydrogen (secondary N) is 1. The second kappa shape index (κ2) is 7.88. The number of benzene rings is 1. The predicted molar refractivity (Wildman–Crippen MR) is 92.7 cm³/mol. The lowest BCUT2D eigenvalue weighted by Crippen LogP contribution is -2.52. The van der Waals surface area contributed by atoms with Crippen LogP contribution >= 0.6 is 12.2 Å². The summed E-state index contributed by atoms with van der Waals surface area (Å²) < 4.78 is 37.5. The number of methoxy groups -OCH3 is 2. The second-order valence-corrected chi connectivity index (χ2v) is 6.10. The zero-order valence-electron chi connectivity index (χ0n) is 14.4. The third-order valence-corrected chi connectivity index (χ3v) is 4.37. The summed E-state index contributed by atoms with van der Waals surface area (Å²) in [5, 5.41) is 3.28.